The van der Waals surface area contributed by atoms with Crippen LogP contribution < -0.4 is 10.1 Å². The molecule has 0 radical (unpaired) electrons. The summed E-state index contributed by atoms with van der Waals surface area (Å²) in [5.74, 6) is 2.16. The first-order chi connectivity index (χ1) is 10.2. The zero-order valence-electron chi connectivity index (χ0n) is 13.6. The lowest BCUT2D eigenvalue weighted by Crippen LogP contribution is -2.32. The van der Waals surface area contributed by atoms with E-state index in [1.807, 2.05) is 13.2 Å². The number of thioether (sulfide) groups is 1. The molecule has 0 saturated carbocycles. The van der Waals surface area contributed by atoms with Crippen molar-refractivity contribution in [1.29, 1.82) is 0 Å². The highest BCUT2D eigenvalue weighted by Crippen LogP contribution is 2.37. The Hall–Kier alpha value is -0.720. The molecule has 2 atom stereocenters. The number of nitrogens with zero attached hydrogens (tertiary/aromatic N) is 3. The topological polar surface area (TPSA) is 42.3 Å². The standard InChI is InChI=1S/C15H28N4OS/c1-16-14(13-7-5-6-10-21-13)15-12(20-4)11-17-19(15)9-8-18(2)3/h11,13-14,16H,5-10H2,1-4H3. The first kappa shape index (κ1) is 16.6. The highest BCUT2D eigenvalue weighted by atomic mass is 32.2. The Morgan fingerprint density at radius 1 is 1.52 bits per heavy atom. The Labute approximate surface area is 132 Å². The minimum Gasteiger partial charge on any atom is -0.493 e. The normalized spacial score (nSPS) is 20.7. The van der Waals surface area contributed by atoms with Crippen molar-refractivity contribution >= 4 is 11.8 Å². The molecule has 2 rings (SSSR count). The Morgan fingerprint density at radius 2 is 2.33 bits per heavy atom. The fourth-order valence-corrected chi connectivity index (χ4v) is 4.31. The zero-order chi connectivity index (χ0) is 15.2. The molecule has 120 valence electrons. The quantitative estimate of drug-likeness (QED) is 0.834. The highest BCUT2D eigenvalue weighted by Gasteiger charge is 2.30. The summed E-state index contributed by atoms with van der Waals surface area (Å²) in [7, 11) is 7.96. The number of hydrogen-bond acceptors (Lipinski definition) is 5. The van der Waals surface area contributed by atoms with Gasteiger partial charge in [-0.15, -0.1) is 0 Å². The number of methoxy groups -OCH3 is 1. The summed E-state index contributed by atoms with van der Waals surface area (Å²) in [6.45, 7) is 1.87. The van der Waals surface area contributed by atoms with E-state index in [1.54, 1.807) is 7.11 Å². The lowest BCUT2D eigenvalue weighted by Gasteiger charge is -2.30. The molecule has 1 N–H and O–H groups in total. The van der Waals surface area contributed by atoms with Gasteiger partial charge < -0.3 is 15.0 Å². The molecule has 6 heteroatoms. The Kier molecular flexibility index (Phi) is 6.39. The molecule has 21 heavy (non-hydrogen) atoms. The molecule has 0 aliphatic carbocycles. The van der Waals surface area contributed by atoms with Gasteiger partial charge in [0, 0.05) is 11.8 Å². The summed E-state index contributed by atoms with van der Waals surface area (Å²) >= 11 is 2.08. The van der Waals surface area contributed by atoms with Gasteiger partial charge in [0.25, 0.3) is 0 Å². The summed E-state index contributed by atoms with van der Waals surface area (Å²) in [4.78, 5) is 2.18. The monoisotopic (exact) mass is 312 g/mol. The van der Waals surface area contributed by atoms with E-state index in [0.29, 0.717) is 11.3 Å². The first-order valence-corrected chi connectivity index (χ1v) is 8.75. The van der Waals surface area contributed by atoms with Crippen LogP contribution in [0.15, 0.2) is 6.20 Å². The van der Waals surface area contributed by atoms with Crippen LogP contribution in [0.25, 0.3) is 0 Å². The van der Waals surface area contributed by atoms with Gasteiger partial charge >= 0.3 is 0 Å². The average Bonchev–Trinajstić information content (AvgIpc) is 2.90. The van der Waals surface area contributed by atoms with Gasteiger partial charge in [0.05, 0.1) is 31.6 Å². The van der Waals surface area contributed by atoms with Gasteiger partial charge in [-0.3, -0.25) is 4.68 Å². The number of likely N-dealkylation sites (N-methyl/N-ethyl adjacent to an activating group) is 1. The van der Waals surface area contributed by atoms with Gasteiger partial charge in [-0.05, 0) is 39.7 Å². The van der Waals surface area contributed by atoms with Crippen LogP contribution in [-0.2, 0) is 6.54 Å². The zero-order valence-corrected chi connectivity index (χ0v) is 14.4. The van der Waals surface area contributed by atoms with Gasteiger partial charge in [0.2, 0.25) is 0 Å². The van der Waals surface area contributed by atoms with Gasteiger partial charge in [0.1, 0.15) is 0 Å². The molecule has 0 amide bonds. The fourth-order valence-electron chi connectivity index (χ4n) is 2.85. The number of nitrogens with one attached hydrogen (secondary N) is 1. The van der Waals surface area contributed by atoms with E-state index >= 15 is 0 Å². The predicted octanol–water partition coefficient (Wildman–Crippen LogP) is 2.00. The molecule has 1 aliphatic rings. The van der Waals surface area contributed by atoms with Gasteiger partial charge in [-0.25, -0.2) is 0 Å². The fraction of sp³-hybridized carbons (Fsp3) is 0.800. The second-order valence-electron chi connectivity index (χ2n) is 5.80. The van der Waals surface area contributed by atoms with Crippen LogP contribution >= 0.6 is 11.8 Å². The van der Waals surface area contributed by atoms with E-state index in [0.717, 1.165) is 18.8 Å². The maximum atomic E-state index is 5.56. The van der Waals surface area contributed by atoms with Crippen molar-refractivity contribution in [2.75, 3.05) is 40.6 Å². The van der Waals surface area contributed by atoms with Crippen LogP contribution in [0.4, 0.5) is 0 Å². The molecule has 1 aliphatic heterocycles. The third-order valence-electron chi connectivity index (χ3n) is 4.02. The van der Waals surface area contributed by atoms with Gasteiger partial charge in [0.15, 0.2) is 5.75 Å². The molecular formula is C15H28N4OS. The predicted molar refractivity (Wildman–Crippen MR) is 89.2 cm³/mol. The average molecular weight is 312 g/mol. The molecule has 1 saturated heterocycles. The van der Waals surface area contributed by atoms with E-state index in [1.165, 1.54) is 30.7 Å². The minimum atomic E-state index is 0.301. The third kappa shape index (κ3) is 4.14. The summed E-state index contributed by atoms with van der Waals surface area (Å²) in [6.07, 6.45) is 5.78. The molecule has 0 aromatic carbocycles. The largest absolute Gasteiger partial charge is 0.493 e. The summed E-state index contributed by atoms with van der Waals surface area (Å²) in [6, 6.07) is 0.301. The Balaban J connectivity index is 2.22. The van der Waals surface area contributed by atoms with Crippen molar-refractivity contribution in [3.8, 4) is 5.75 Å². The van der Waals surface area contributed by atoms with Gasteiger partial charge in [-0.2, -0.15) is 16.9 Å². The Bertz CT molecular complexity index is 429. The van der Waals surface area contributed by atoms with Crippen molar-refractivity contribution < 1.29 is 4.74 Å². The molecule has 2 heterocycles. The van der Waals surface area contributed by atoms with E-state index in [-0.39, 0.29) is 0 Å². The number of rotatable bonds is 7. The van der Waals surface area contributed by atoms with Crippen LogP contribution in [-0.4, -0.2) is 60.5 Å². The van der Waals surface area contributed by atoms with Crippen molar-refractivity contribution in [1.82, 2.24) is 20.0 Å². The molecule has 0 spiro atoms. The molecule has 1 fully saturated rings. The van der Waals surface area contributed by atoms with Gasteiger partial charge in [-0.1, -0.05) is 6.42 Å². The summed E-state index contributed by atoms with van der Waals surface area (Å²) < 4.78 is 7.67. The van der Waals surface area contributed by atoms with Crippen molar-refractivity contribution in [2.24, 2.45) is 0 Å². The molecule has 1 aromatic rings. The molecule has 1 aromatic heterocycles. The minimum absolute atomic E-state index is 0.301. The smallest absolute Gasteiger partial charge is 0.161 e. The summed E-state index contributed by atoms with van der Waals surface area (Å²) in [5, 5.41) is 8.64. The number of hydrogen-bond donors (Lipinski definition) is 1. The van der Waals surface area contributed by atoms with Crippen LogP contribution in [0.5, 0.6) is 5.75 Å². The lowest BCUT2D eigenvalue weighted by atomic mass is 10.0. The number of aromatic nitrogens is 2. The van der Waals surface area contributed by atoms with Crippen LogP contribution in [0.1, 0.15) is 31.0 Å². The van der Waals surface area contributed by atoms with Crippen molar-refractivity contribution in [3.05, 3.63) is 11.9 Å². The SMILES string of the molecule is CNC(c1c(OC)cnn1CCN(C)C)C1CCCCS1. The van der Waals surface area contributed by atoms with E-state index in [4.69, 9.17) is 4.74 Å². The molecular weight excluding hydrogens is 284 g/mol. The lowest BCUT2D eigenvalue weighted by molar-refractivity contribution is 0.353. The highest BCUT2D eigenvalue weighted by molar-refractivity contribution is 8.00. The maximum absolute atomic E-state index is 5.56. The van der Waals surface area contributed by atoms with Crippen LogP contribution in [0.3, 0.4) is 0 Å². The van der Waals surface area contributed by atoms with Crippen LogP contribution in [0.2, 0.25) is 0 Å². The van der Waals surface area contributed by atoms with E-state index in [9.17, 15) is 0 Å². The Morgan fingerprint density at radius 3 is 2.90 bits per heavy atom. The first-order valence-electron chi connectivity index (χ1n) is 7.70. The molecule has 2 unspecified atom stereocenters. The van der Waals surface area contributed by atoms with Crippen molar-refractivity contribution in [3.63, 3.8) is 0 Å². The molecule has 0 bridgehead atoms. The number of ether oxygens (including phenoxy) is 1. The summed E-state index contributed by atoms with van der Waals surface area (Å²) in [5.41, 5.74) is 1.20. The second-order valence-corrected chi connectivity index (χ2v) is 7.14. The third-order valence-corrected chi connectivity index (χ3v) is 5.48. The second kappa shape index (κ2) is 8.06. The van der Waals surface area contributed by atoms with Crippen LogP contribution in [0, 0.1) is 0 Å². The molecule has 5 nitrogen and oxygen atoms in total. The van der Waals surface area contributed by atoms with E-state index in [2.05, 4.69) is 45.9 Å². The maximum Gasteiger partial charge on any atom is 0.161 e. The van der Waals surface area contributed by atoms with E-state index < -0.39 is 0 Å². The van der Waals surface area contributed by atoms with Crippen molar-refractivity contribution in [2.45, 2.75) is 37.1 Å².